The van der Waals surface area contributed by atoms with Crippen molar-refractivity contribution in [3.05, 3.63) is 121 Å². The number of hydrogen-bond acceptors (Lipinski definition) is 1. The second kappa shape index (κ2) is 16.0. The molecule has 0 aliphatic rings. The summed E-state index contributed by atoms with van der Waals surface area (Å²) in [6, 6.07) is 42.0. The van der Waals surface area contributed by atoms with E-state index in [2.05, 4.69) is 117 Å². The van der Waals surface area contributed by atoms with E-state index in [0.29, 0.717) is 0 Å². The molecule has 4 heteroatoms. The van der Waals surface area contributed by atoms with Gasteiger partial charge in [-0.15, -0.1) is 0 Å². The Hall–Kier alpha value is -1.77. The number of rotatable bonds is 5. The minimum absolute atomic E-state index is 0.782. The van der Waals surface area contributed by atoms with Crippen molar-refractivity contribution in [2.24, 2.45) is 0 Å². The molecule has 0 aliphatic heterocycles. The van der Waals surface area contributed by atoms with E-state index in [1.807, 2.05) is 31.2 Å². The first-order valence-corrected chi connectivity index (χ1v) is 12.0. The van der Waals surface area contributed by atoms with Crippen LogP contribution in [0.25, 0.3) is 0 Å². The third kappa shape index (κ3) is 10.9. The summed E-state index contributed by atoms with van der Waals surface area (Å²) in [6.45, 7) is 2.72. The predicted octanol–water partition coefficient (Wildman–Crippen LogP) is 5.27. The van der Waals surface area contributed by atoms with E-state index in [0.717, 1.165) is 6.61 Å². The summed E-state index contributed by atoms with van der Waals surface area (Å²) in [7, 11) is 2.56. The van der Waals surface area contributed by atoms with Crippen LogP contribution in [0.15, 0.2) is 121 Å². The van der Waals surface area contributed by atoms with Gasteiger partial charge in [-0.3, -0.25) is 0 Å². The quantitative estimate of drug-likeness (QED) is 0.302. The molecule has 0 N–H and O–H groups in total. The summed E-state index contributed by atoms with van der Waals surface area (Å²) in [6.07, 6.45) is 0. The van der Waals surface area contributed by atoms with Gasteiger partial charge in [-0.05, 0) is 0 Å². The Kier molecular flexibility index (Phi) is 13.1. The van der Waals surface area contributed by atoms with Gasteiger partial charge in [-0.1, -0.05) is 121 Å². The summed E-state index contributed by atoms with van der Waals surface area (Å²) in [4.78, 5) is 0. The SMILES string of the molecule is CC[O][Al+2].c1ccc([P-]c2ccccc2)cc1.c1ccc([P-]c2ccccc2)cc1. The second-order valence-electron chi connectivity index (χ2n) is 6.02. The molecule has 0 radical (unpaired) electrons. The van der Waals surface area contributed by atoms with Crippen molar-refractivity contribution in [3.8, 4) is 0 Å². The average Bonchev–Trinajstić information content (AvgIpc) is 2.82. The molecule has 0 spiro atoms. The van der Waals surface area contributed by atoms with Gasteiger partial charge in [0.1, 0.15) is 0 Å². The minimum Gasteiger partial charge on any atom is -0.472 e. The summed E-state index contributed by atoms with van der Waals surface area (Å²) < 4.78 is 4.46. The fraction of sp³-hybridized carbons (Fsp3) is 0.0769. The van der Waals surface area contributed by atoms with Crippen LogP contribution in [-0.2, 0) is 3.79 Å². The molecule has 0 aromatic heterocycles. The van der Waals surface area contributed by atoms with Crippen LogP contribution in [0.3, 0.4) is 0 Å². The van der Waals surface area contributed by atoms with E-state index in [1.165, 1.54) is 38.4 Å². The van der Waals surface area contributed by atoms with Crippen LogP contribution in [0.5, 0.6) is 0 Å². The van der Waals surface area contributed by atoms with Crippen LogP contribution in [-0.4, -0.2) is 23.2 Å². The molecule has 4 aromatic rings. The van der Waals surface area contributed by atoms with Crippen LogP contribution in [0.2, 0.25) is 0 Å². The van der Waals surface area contributed by atoms with E-state index < -0.39 is 0 Å². The van der Waals surface area contributed by atoms with Crippen LogP contribution in [0.4, 0.5) is 0 Å². The summed E-state index contributed by atoms with van der Waals surface area (Å²) in [5, 5.41) is 5.37. The van der Waals surface area contributed by atoms with Crippen molar-refractivity contribution in [3.63, 3.8) is 0 Å². The molecule has 0 saturated carbocycles. The fourth-order valence-corrected chi connectivity index (χ4v) is 4.19. The van der Waals surface area contributed by atoms with Gasteiger partial charge in [0.05, 0.1) is 0 Å². The summed E-state index contributed by atoms with van der Waals surface area (Å²) in [5.41, 5.74) is 0. The molecule has 0 amide bonds. The molecule has 0 aliphatic carbocycles. The van der Waals surface area contributed by atoms with Crippen LogP contribution >= 0.6 is 17.2 Å². The van der Waals surface area contributed by atoms with Crippen LogP contribution < -0.4 is 21.2 Å². The minimum atomic E-state index is 0.782. The van der Waals surface area contributed by atoms with Gasteiger partial charge < -0.3 is 17.2 Å². The molecular weight excluding hydrogens is 417 g/mol. The molecule has 0 bridgehead atoms. The van der Waals surface area contributed by atoms with Gasteiger partial charge in [-0.2, -0.15) is 0 Å². The molecule has 148 valence electrons. The smallest absolute Gasteiger partial charge is 0.0624 e. The van der Waals surface area contributed by atoms with Crippen LogP contribution in [0.1, 0.15) is 6.92 Å². The first-order valence-electron chi connectivity index (χ1n) is 9.77. The Morgan fingerprint density at radius 2 is 0.700 bits per heavy atom. The Balaban J connectivity index is 0.000000182. The Morgan fingerprint density at radius 3 is 0.867 bits per heavy atom. The topological polar surface area (TPSA) is 9.23 Å². The zero-order valence-electron chi connectivity index (χ0n) is 17.1. The molecule has 0 fully saturated rings. The van der Waals surface area contributed by atoms with Crippen molar-refractivity contribution < 1.29 is 3.79 Å². The third-order valence-corrected chi connectivity index (χ3v) is 6.27. The van der Waals surface area contributed by atoms with Crippen molar-refractivity contribution in [2.45, 2.75) is 6.92 Å². The van der Waals surface area contributed by atoms with Gasteiger partial charge in [0, 0.05) is 0 Å². The van der Waals surface area contributed by atoms with Gasteiger partial charge in [0.2, 0.25) is 0 Å². The van der Waals surface area contributed by atoms with Crippen LogP contribution in [0, 0.1) is 0 Å². The van der Waals surface area contributed by atoms with Crippen molar-refractivity contribution >= 4 is 55.0 Å². The van der Waals surface area contributed by atoms with Gasteiger partial charge >= 0.3 is 33.9 Å². The molecule has 0 unspecified atom stereocenters. The normalized spacial score (nSPS) is 9.57. The molecule has 0 heterocycles. The predicted molar refractivity (Wildman–Crippen MR) is 136 cm³/mol. The van der Waals surface area contributed by atoms with E-state index in [4.69, 9.17) is 0 Å². The summed E-state index contributed by atoms with van der Waals surface area (Å²) in [5.74, 6) is 0. The zero-order valence-corrected chi connectivity index (χ0v) is 20.1. The van der Waals surface area contributed by atoms with Crippen molar-refractivity contribution in [2.75, 3.05) is 6.61 Å². The summed E-state index contributed by atoms with van der Waals surface area (Å²) >= 11 is 2.16. The second-order valence-corrected chi connectivity index (χ2v) is 8.87. The Labute approximate surface area is 193 Å². The number of benzene rings is 4. The molecule has 0 saturated heterocycles. The van der Waals surface area contributed by atoms with Crippen molar-refractivity contribution in [1.82, 2.24) is 0 Å². The van der Waals surface area contributed by atoms with Gasteiger partial charge in [-0.25, -0.2) is 21.2 Å². The molecule has 1 nitrogen and oxygen atoms in total. The zero-order chi connectivity index (χ0) is 21.3. The van der Waals surface area contributed by atoms with Gasteiger partial charge in [0.15, 0.2) is 0 Å². The van der Waals surface area contributed by atoms with E-state index >= 15 is 0 Å². The van der Waals surface area contributed by atoms with Crippen molar-refractivity contribution in [1.29, 1.82) is 0 Å². The molecule has 0 atom stereocenters. The van der Waals surface area contributed by atoms with E-state index in [9.17, 15) is 0 Å². The average molecular weight is 442 g/mol. The maximum Gasteiger partial charge on any atom is -0.0624 e. The molecule has 4 aromatic carbocycles. The first-order chi connectivity index (χ1) is 14.8. The third-order valence-electron chi connectivity index (χ3n) is 3.71. The fourth-order valence-electron chi connectivity index (χ4n) is 2.31. The molecule has 30 heavy (non-hydrogen) atoms. The van der Waals surface area contributed by atoms with E-state index in [-0.39, 0.29) is 0 Å². The maximum atomic E-state index is 4.46. The monoisotopic (exact) mass is 442 g/mol. The number of hydrogen-bond donors (Lipinski definition) is 0. The van der Waals surface area contributed by atoms with E-state index in [1.54, 1.807) is 0 Å². The largest absolute Gasteiger partial charge is 0.472 e. The van der Waals surface area contributed by atoms with Gasteiger partial charge in [0.25, 0.3) is 0 Å². The maximum absolute atomic E-state index is 4.46. The Morgan fingerprint density at radius 1 is 0.500 bits per heavy atom. The Bertz CT molecular complexity index is 751. The first kappa shape index (κ1) is 24.5. The molecule has 4 rings (SSSR count). The standard InChI is InChI=1S/2C12H10P.C2H5O.Al/c2*1-3-7-11(8-4-1)13-12-9-5-2-6-10-12;1-2-3;/h2*1-10H;2H2,1H3;/q3*-1;+3. The molecular formula is C26H25AlOP2.